The molecule has 140 valence electrons. The number of fused-ring (bicyclic) bond motifs is 3. The maximum Gasteiger partial charge on any atom is 0.544 e. The van der Waals surface area contributed by atoms with E-state index in [1.54, 1.807) is 0 Å². The fourth-order valence-electron chi connectivity index (χ4n) is 1.89. The van der Waals surface area contributed by atoms with Crippen molar-refractivity contribution in [2.45, 2.75) is 25.7 Å². The van der Waals surface area contributed by atoms with E-state index in [4.69, 9.17) is 42.2 Å². The van der Waals surface area contributed by atoms with Crippen molar-refractivity contribution in [2.75, 3.05) is 13.1 Å². The molecule has 3 aliphatic rings. The first-order valence-electron chi connectivity index (χ1n) is 7.38. The molecule has 0 aromatic heterocycles. The number of hydrogen-bond acceptors (Lipinski definition) is 8. The summed E-state index contributed by atoms with van der Waals surface area (Å²) < 4.78 is 26.4. The molecule has 3 heterocycles. The number of nitrogens with zero attached hydrogens (tertiary/aromatic N) is 5. The molecule has 2 bridgehead atoms. The number of rotatable bonds is 7. The highest BCUT2D eigenvalue weighted by molar-refractivity contribution is 7.49. The van der Waals surface area contributed by atoms with Gasteiger partial charge in [0.05, 0.1) is 0 Å². The number of nitrogens with one attached hydrogen (secondary N) is 1. The van der Waals surface area contributed by atoms with Gasteiger partial charge < -0.3 is 22.9 Å². The number of hydrogen-bond donors (Lipinski definition) is 5. The Labute approximate surface area is 143 Å². The van der Waals surface area contributed by atoms with Gasteiger partial charge in [0.1, 0.15) is 0 Å². The van der Waals surface area contributed by atoms with Crippen molar-refractivity contribution in [3.8, 4) is 0 Å². The molecule has 9 N–H and O–H groups in total. The minimum absolute atomic E-state index is 0.0391. The normalized spacial score (nSPS) is 21.7. The van der Waals surface area contributed by atoms with Crippen LogP contribution in [0.2, 0.25) is 0 Å². The van der Waals surface area contributed by atoms with E-state index in [0.717, 1.165) is 24.3 Å². The van der Waals surface area contributed by atoms with Crippen LogP contribution < -0.4 is 22.9 Å². The number of nitrogens with two attached hydrogens (primary N) is 4. The van der Waals surface area contributed by atoms with Crippen LogP contribution in [0.1, 0.15) is 25.7 Å². The molecule has 0 amide bonds. The molecule has 15 heteroatoms. The summed E-state index contributed by atoms with van der Waals surface area (Å²) >= 11 is 0. The van der Waals surface area contributed by atoms with Gasteiger partial charge in [0.15, 0.2) is 5.96 Å². The Kier molecular flexibility index (Phi) is 6.14. The number of aliphatic imine (C=N–C) groups is 3. The minimum atomic E-state index is -3.75. The molecule has 0 aromatic rings. The zero-order chi connectivity index (χ0) is 18.4. The largest absolute Gasteiger partial charge is 0.544 e. The summed E-state index contributed by atoms with van der Waals surface area (Å²) in [7, 11) is -3.75. The van der Waals surface area contributed by atoms with Crippen LogP contribution in [0.4, 0.5) is 0 Å². The van der Waals surface area contributed by atoms with Gasteiger partial charge in [-0.15, -0.1) is 9.25 Å². The molecule has 0 radical (unpaired) electrons. The van der Waals surface area contributed by atoms with Crippen molar-refractivity contribution in [2.24, 2.45) is 37.9 Å². The third-order valence-electron chi connectivity index (χ3n) is 2.98. The third-order valence-corrected chi connectivity index (χ3v) is 4.07. The van der Waals surface area contributed by atoms with Gasteiger partial charge in [-0.25, -0.2) is 9.63 Å². The number of phosphoric acid groups is 1. The summed E-state index contributed by atoms with van der Waals surface area (Å²) in [5.41, 5.74) is 21.3. The van der Waals surface area contributed by atoms with Crippen LogP contribution in [0.3, 0.4) is 0 Å². The van der Waals surface area contributed by atoms with Crippen molar-refractivity contribution >= 4 is 31.7 Å². The predicted octanol–water partition coefficient (Wildman–Crippen LogP) is -1.08. The molecule has 25 heavy (non-hydrogen) atoms. The van der Waals surface area contributed by atoms with E-state index in [1.165, 1.54) is 0 Å². The van der Waals surface area contributed by atoms with Gasteiger partial charge in [-0.1, -0.05) is 18.1 Å². The Bertz CT molecular complexity index is 636. The van der Waals surface area contributed by atoms with E-state index >= 15 is 0 Å². The lowest BCUT2D eigenvalue weighted by Gasteiger charge is -2.38. The molecule has 1 saturated heterocycles. The second kappa shape index (κ2) is 8.11. The number of guanidine groups is 4. The van der Waals surface area contributed by atoms with E-state index in [2.05, 4.69) is 15.0 Å². The zero-order valence-corrected chi connectivity index (χ0v) is 14.3. The first kappa shape index (κ1) is 18.9. The molecule has 1 fully saturated rings. The minimum Gasteiger partial charge on any atom is -0.370 e. The molecule has 14 nitrogen and oxygen atoms in total. The lowest BCUT2D eigenvalue weighted by molar-refractivity contribution is -0.315. The van der Waals surface area contributed by atoms with Gasteiger partial charge in [-0.2, -0.15) is 14.6 Å². The van der Waals surface area contributed by atoms with Gasteiger partial charge in [0.25, 0.3) is 5.96 Å². The first-order chi connectivity index (χ1) is 11.8. The van der Waals surface area contributed by atoms with E-state index in [-0.39, 0.29) is 30.4 Å². The summed E-state index contributed by atoms with van der Waals surface area (Å²) in [4.78, 5) is 11.3. The van der Waals surface area contributed by atoms with E-state index < -0.39 is 7.82 Å². The van der Waals surface area contributed by atoms with Crippen molar-refractivity contribution in [3.63, 3.8) is 0 Å². The monoisotopic (exact) mass is 376 g/mol. The SMILES string of the molecule is N=C1/N=C(/N)N2OP(=O)(ON1CCCCCCN=C(N)N=C(N)N)O2. The van der Waals surface area contributed by atoms with Crippen LogP contribution >= 0.6 is 7.82 Å². The van der Waals surface area contributed by atoms with Crippen molar-refractivity contribution in [1.29, 1.82) is 5.41 Å². The second-order valence-electron chi connectivity index (χ2n) is 5.04. The number of unbranched alkanes of at least 4 members (excludes halogenated alkanes) is 3. The Morgan fingerprint density at radius 2 is 1.84 bits per heavy atom. The van der Waals surface area contributed by atoms with Crippen molar-refractivity contribution in [3.05, 3.63) is 0 Å². The van der Waals surface area contributed by atoms with Crippen LogP contribution in [0.15, 0.2) is 15.0 Å². The van der Waals surface area contributed by atoms with Crippen LogP contribution in [-0.2, 0) is 18.4 Å². The molecule has 0 aliphatic carbocycles. The van der Waals surface area contributed by atoms with Crippen LogP contribution in [0, 0.1) is 5.41 Å². The molecule has 0 unspecified atom stereocenters. The summed E-state index contributed by atoms with van der Waals surface area (Å²) in [6.45, 7) is 0.762. The van der Waals surface area contributed by atoms with E-state index in [0.29, 0.717) is 18.2 Å². The average molecular weight is 376 g/mol. The zero-order valence-electron chi connectivity index (χ0n) is 13.4. The lowest BCUT2D eigenvalue weighted by atomic mass is 10.2. The van der Waals surface area contributed by atoms with E-state index in [9.17, 15) is 4.57 Å². The summed E-state index contributed by atoms with van der Waals surface area (Å²) in [6, 6.07) is 0. The summed E-state index contributed by atoms with van der Waals surface area (Å²) in [5.74, 6) is -0.621. The van der Waals surface area contributed by atoms with E-state index in [1.807, 2.05) is 0 Å². The highest BCUT2D eigenvalue weighted by Crippen LogP contribution is 2.60. The highest BCUT2D eigenvalue weighted by atomic mass is 31.2. The fourth-order valence-corrected chi connectivity index (χ4v) is 2.90. The Morgan fingerprint density at radius 1 is 1.16 bits per heavy atom. The first-order valence-corrected chi connectivity index (χ1v) is 8.84. The fraction of sp³-hybridized carbons (Fsp3) is 0.600. The van der Waals surface area contributed by atoms with Crippen LogP contribution in [-0.4, -0.2) is 47.2 Å². The Balaban J connectivity index is 1.69. The van der Waals surface area contributed by atoms with Gasteiger partial charge in [0, 0.05) is 13.1 Å². The van der Waals surface area contributed by atoms with Crippen LogP contribution in [0.5, 0.6) is 0 Å². The molecule has 3 rings (SSSR count). The van der Waals surface area contributed by atoms with Crippen LogP contribution in [0.25, 0.3) is 0 Å². The topological polar surface area (TPSA) is 216 Å². The molecular weight excluding hydrogens is 355 g/mol. The molecule has 0 atom stereocenters. The van der Waals surface area contributed by atoms with Crippen molar-refractivity contribution in [1.82, 2.24) is 10.3 Å². The standard InChI is InChI=1S/C10H21N10O4P/c11-7(12)17-8(13)16-5-3-1-2-4-6-19-9(14)18-10(15)20-23-25(21,22-19)24-20/h1-6H2,(H3,14,15,18)(H6,11,12,13,16,17). The molecule has 3 aliphatic heterocycles. The van der Waals surface area contributed by atoms with Gasteiger partial charge in [0.2, 0.25) is 11.9 Å². The third kappa shape index (κ3) is 5.56. The molecule has 0 aromatic carbocycles. The molecular formula is C10H21N10O4P. The average Bonchev–Trinajstić information content (AvgIpc) is 2.48. The molecule has 0 spiro atoms. The second-order valence-corrected chi connectivity index (χ2v) is 6.42. The van der Waals surface area contributed by atoms with Gasteiger partial charge in [-0.05, 0) is 12.8 Å². The maximum absolute atomic E-state index is 11.9. The quantitative estimate of drug-likeness (QED) is 0.157. The van der Waals surface area contributed by atoms with Gasteiger partial charge >= 0.3 is 7.82 Å². The molecule has 0 saturated carbocycles. The Morgan fingerprint density at radius 3 is 2.52 bits per heavy atom. The summed E-state index contributed by atoms with van der Waals surface area (Å²) in [6.07, 6.45) is 3.09. The van der Waals surface area contributed by atoms with Gasteiger partial charge in [-0.3, -0.25) is 10.4 Å². The number of hydroxylamine groups is 4. The Hall–Kier alpha value is -2.41. The smallest absolute Gasteiger partial charge is 0.370 e. The van der Waals surface area contributed by atoms with Crippen molar-refractivity contribution < 1.29 is 18.4 Å². The summed E-state index contributed by atoms with van der Waals surface area (Å²) in [5, 5.41) is 9.44. The maximum atomic E-state index is 11.9. The highest BCUT2D eigenvalue weighted by Gasteiger charge is 2.50. The predicted molar refractivity (Wildman–Crippen MR) is 89.5 cm³/mol. The lowest BCUT2D eigenvalue weighted by Crippen LogP contribution is -2.48.